The summed E-state index contributed by atoms with van der Waals surface area (Å²) >= 11 is 0. The maximum atomic E-state index is 5.92. The number of halogens is 1. The number of methoxy groups -OCH3 is 1. The third-order valence-corrected chi connectivity index (χ3v) is 5.65. The zero-order chi connectivity index (χ0) is 18.0. The maximum absolute atomic E-state index is 5.92. The molecule has 0 amide bonds. The number of para-hydroxylation sites is 1. The van der Waals surface area contributed by atoms with Gasteiger partial charge in [0.05, 0.1) is 13.2 Å². The molecule has 1 saturated carbocycles. The molecule has 1 saturated heterocycles. The highest BCUT2D eigenvalue weighted by atomic mass is 127. The van der Waals surface area contributed by atoms with Crippen molar-refractivity contribution >= 4 is 29.9 Å². The van der Waals surface area contributed by atoms with Crippen LogP contribution >= 0.6 is 24.0 Å². The van der Waals surface area contributed by atoms with E-state index in [0.29, 0.717) is 18.1 Å². The van der Waals surface area contributed by atoms with Crippen LogP contribution in [-0.2, 0) is 11.3 Å². The molecule has 146 valence electrons. The van der Waals surface area contributed by atoms with Gasteiger partial charge in [0.15, 0.2) is 5.96 Å². The largest absolute Gasteiger partial charge is 0.496 e. The number of nitrogens with one attached hydrogen (secondary N) is 1. The van der Waals surface area contributed by atoms with Crippen LogP contribution in [0.5, 0.6) is 5.75 Å². The predicted molar refractivity (Wildman–Crippen MR) is 116 cm³/mol. The topological polar surface area (TPSA) is 46.1 Å². The van der Waals surface area contributed by atoms with Crippen molar-refractivity contribution in [1.82, 2.24) is 10.2 Å². The second-order valence-corrected chi connectivity index (χ2v) is 7.65. The monoisotopic (exact) mass is 473 g/mol. The fourth-order valence-corrected chi connectivity index (χ4v) is 4.35. The van der Waals surface area contributed by atoms with E-state index in [1.54, 1.807) is 7.11 Å². The maximum Gasteiger partial charge on any atom is 0.194 e. The first-order valence-electron chi connectivity index (χ1n) is 9.24. The number of aliphatic imine (C=N–C) groups is 1. The van der Waals surface area contributed by atoms with Crippen molar-refractivity contribution in [3.8, 4) is 5.75 Å². The second kappa shape index (κ2) is 8.78. The average molecular weight is 473 g/mol. The van der Waals surface area contributed by atoms with Crippen LogP contribution in [0.3, 0.4) is 0 Å². The summed E-state index contributed by atoms with van der Waals surface area (Å²) in [6.45, 7) is 9.06. The van der Waals surface area contributed by atoms with Gasteiger partial charge in [0.25, 0.3) is 0 Å². The van der Waals surface area contributed by atoms with Crippen molar-refractivity contribution in [3.05, 3.63) is 29.8 Å². The van der Waals surface area contributed by atoms with Crippen LogP contribution in [0.15, 0.2) is 29.3 Å². The Hall–Kier alpha value is -1.02. The Kier molecular flexibility index (Phi) is 7.19. The molecule has 26 heavy (non-hydrogen) atoms. The highest BCUT2D eigenvalue weighted by Gasteiger charge is 2.59. The Bertz CT molecular complexity index is 635. The van der Waals surface area contributed by atoms with Gasteiger partial charge in [-0.2, -0.15) is 0 Å². The van der Waals surface area contributed by atoms with Crippen LogP contribution in [0, 0.1) is 11.3 Å². The number of guanidine groups is 1. The quantitative estimate of drug-likeness (QED) is 0.404. The van der Waals surface area contributed by atoms with E-state index >= 15 is 0 Å². The summed E-state index contributed by atoms with van der Waals surface area (Å²) in [4.78, 5) is 6.91. The first-order chi connectivity index (χ1) is 12.0. The average Bonchev–Trinajstić information content (AvgIpc) is 3.06. The minimum Gasteiger partial charge on any atom is -0.496 e. The third-order valence-electron chi connectivity index (χ3n) is 5.65. The van der Waals surface area contributed by atoms with Gasteiger partial charge in [0, 0.05) is 49.7 Å². The molecule has 6 heteroatoms. The summed E-state index contributed by atoms with van der Waals surface area (Å²) in [6.07, 6.45) is 1.52. The van der Waals surface area contributed by atoms with E-state index in [4.69, 9.17) is 14.5 Å². The van der Waals surface area contributed by atoms with Crippen LogP contribution in [0.25, 0.3) is 0 Å². The third kappa shape index (κ3) is 3.96. The Balaban J connectivity index is 0.00000243. The molecule has 1 heterocycles. The molecule has 0 spiro atoms. The lowest BCUT2D eigenvalue weighted by Gasteiger charge is -2.55. The number of fused-ring (bicyclic) bond motifs is 1. The molecule has 0 aromatic heterocycles. The minimum absolute atomic E-state index is 0. The molecule has 0 radical (unpaired) electrons. The lowest BCUT2D eigenvalue weighted by Crippen LogP contribution is -2.67. The van der Waals surface area contributed by atoms with E-state index in [-0.39, 0.29) is 29.4 Å². The van der Waals surface area contributed by atoms with Crippen LogP contribution in [0.4, 0.5) is 0 Å². The van der Waals surface area contributed by atoms with Crippen LogP contribution in [0.2, 0.25) is 0 Å². The number of nitrogens with zero attached hydrogens (tertiary/aromatic N) is 2. The fraction of sp³-hybridized carbons (Fsp3) is 0.650. The Morgan fingerprint density at radius 3 is 2.81 bits per heavy atom. The molecule has 3 atom stereocenters. The van der Waals surface area contributed by atoms with E-state index in [2.05, 4.69) is 44.1 Å². The Morgan fingerprint density at radius 1 is 1.38 bits per heavy atom. The molecule has 3 unspecified atom stereocenters. The zero-order valence-corrected chi connectivity index (χ0v) is 18.8. The molecule has 1 aliphatic carbocycles. The van der Waals surface area contributed by atoms with E-state index < -0.39 is 0 Å². The summed E-state index contributed by atoms with van der Waals surface area (Å²) in [5.41, 5.74) is 1.30. The molecule has 1 aliphatic heterocycles. The second-order valence-electron chi connectivity index (χ2n) is 7.65. The van der Waals surface area contributed by atoms with E-state index in [0.717, 1.165) is 43.4 Å². The highest BCUT2D eigenvalue weighted by molar-refractivity contribution is 14.0. The molecule has 1 aromatic carbocycles. The van der Waals surface area contributed by atoms with Crippen LogP contribution in [-0.4, -0.2) is 50.3 Å². The number of ether oxygens (including phenoxy) is 2. The molecule has 2 fully saturated rings. The molecule has 0 bridgehead atoms. The van der Waals surface area contributed by atoms with Gasteiger partial charge in [-0.05, 0) is 19.4 Å². The lowest BCUT2D eigenvalue weighted by molar-refractivity contribution is -0.107. The van der Waals surface area contributed by atoms with E-state index in [1.807, 2.05) is 18.2 Å². The van der Waals surface area contributed by atoms with Crippen LogP contribution in [0.1, 0.15) is 32.8 Å². The van der Waals surface area contributed by atoms with Gasteiger partial charge in [0.1, 0.15) is 5.75 Å². The molecular weight excluding hydrogens is 441 g/mol. The normalized spacial score (nSPS) is 26.3. The van der Waals surface area contributed by atoms with E-state index in [9.17, 15) is 0 Å². The molecule has 2 aliphatic rings. The van der Waals surface area contributed by atoms with Crippen molar-refractivity contribution in [2.75, 3.05) is 27.3 Å². The SMILES string of the molecule is CCN=C(NC1C2CCOC2C1(C)C)N(C)Cc1ccccc1OC.I. The molecule has 1 N–H and O–H groups in total. The smallest absolute Gasteiger partial charge is 0.194 e. The number of hydrogen-bond donors (Lipinski definition) is 1. The van der Waals surface area contributed by atoms with Gasteiger partial charge >= 0.3 is 0 Å². The van der Waals surface area contributed by atoms with E-state index in [1.165, 1.54) is 0 Å². The summed E-state index contributed by atoms with van der Waals surface area (Å²) in [5, 5.41) is 3.73. The number of benzene rings is 1. The summed E-state index contributed by atoms with van der Waals surface area (Å²) < 4.78 is 11.4. The van der Waals surface area contributed by atoms with Gasteiger partial charge in [-0.1, -0.05) is 32.0 Å². The number of rotatable bonds is 5. The Morgan fingerprint density at radius 2 is 2.12 bits per heavy atom. The van der Waals surface area contributed by atoms with Gasteiger partial charge in [0.2, 0.25) is 0 Å². The fourth-order valence-electron chi connectivity index (χ4n) is 4.35. The van der Waals surface area contributed by atoms with Gasteiger partial charge in [-0.15, -0.1) is 24.0 Å². The first-order valence-corrected chi connectivity index (χ1v) is 9.24. The molecule has 3 rings (SSSR count). The summed E-state index contributed by atoms with van der Waals surface area (Å²) in [7, 11) is 3.80. The highest BCUT2D eigenvalue weighted by Crippen LogP contribution is 2.52. The lowest BCUT2D eigenvalue weighted by atomic mass is 9.57. The van der Waals surface area contributed by atoms with Gasteiger partial charge in [-0.25, -0.2) is 0 Å². The summed E-state index contributed by atoms with van der Waals surface area (Å²) in [6, 6.07) is 8.56. The van der Waals surface area contributed by atoms with Crippen molar-refractivity contribution in [3.63, 3.8) is 0 Å². The van der Waals surface area contributed by atoms with Crippen molar-refractivity contribution in [2.24, 2.45) is 16.3 Å². The first kappa shape index (κ1) is 21.3. The van der Waals surface area contributed by atoms with Crippen molar-refractivity contribution in [1.29, 1.82) is 0 Å². The molecule has 5 nitrogen and oxygen atoms in total. The summed E-state index contributed by atoms with van der Waals surface area (Å²) in [5.74, 6) is 2.46. The Labute approximate surface area is 174 Å². The number of hydrogen-bond acceptors (Lipinski definition) is 3. The van der Waals surface area contributed by atoms with Gasteiger partial charge in [-0.3, -0.25) is 4.99 Å². The van der Waals surface area contributed by atoms with Crippen molar-refractivity contribution in [2.45, 2.75) is 45.9 Å². The standard InChI is InChI=1S/C20H31N3O2.HI/c1-6-21-19(22-17-15-11-12-25-18(15)20(17,2)3)23(4)13-14-9-7-8-10-16(14)24-5;/h7-10,15,17-18H,6,11-13H2,1-5H3,(H,21,22);1H. The van der Waals surface area contributed by atoms with Crippen LogP contribution < -0.4 is 10.1 Å². The molecular formula is C20H32IN3O2. The zero-order valence-electron chi connectivity index (χ0n) is 16.5. The predicted octanol–water partition coefficient (Wildman–Crippen LogP) is 3.52. The molecule has 1 aromatic rings. The minimum atomic E-state index is 0. The van der Waals surface area contributed by atoms with Gasteiger partial charge < -0.3 is 19.7 Å². The van der Waals surface area contributed by atoms with Crippen molar-refractivity contribution < 1.29 is 9.47 Å².